The SMILES string of the molecule is O=C(O)Nc1cc(F)c(N2CCS(=O)(=O)CC2)c(F)c1. The number of nitrogens with one attached hydrogen (secondary N) is 1. The summed E-state index contributed by atoms with van der Waals surface area (Å²) in [6.07, 6.45) is -1.43. The summed E-state index contributed by atoms with van der Waals surface area (Å²) in [5.41, 5.74) is -0.559. The fourth-order valence-corrected chi connectivity index (χ4v) is 3.20. The molecular weight excluding hydrogens is 294 g/mol. The number of nitrogens with zero attached hydrogens (tertiary/aromatic N) is 1. The van der Waals surface area contributed by atoms with Gasteiger partial charge >= 0.3 is 6.09 Å². The topological polar surface area (TPSA) is 86.7 Å². The van der Waals surface area contributed by atoms with Crippen molar-refractivity contribution < 1.29 is 27.1 Å². The minimum atomic E-state index is -3.15. The van der Waals surface area contributed by atoms with Gasteiger partial charge in [-0.05, 0) is 12.1 Å². The van der Waals surface area contributed by atoms with Crippen molar-refractivity contribution in [2.45, 2.75) is 0 Å². The van der Waals surface area contributed by atoms with Crippen molar-refractivity contribution in [1.82, 2.24) is 0 Å². The Morgan fingerprint density at radius 2 is 1.70 bits per heavy atom. The molecule has 0 aliphatic carbocycles. The first-order chi connectivity index (χ1) is 9.28. The van der Waals surface area contributed by atoms with Crippen LogP contribution in [0.15, 0.2) is 12.1 Å². The normalized spacial score (nSPS) is 17.8. The van der Waals surface area contributed by atoms with E-state index in [-0.39, 0.29) is 36.0 Å². The Morgan fingerprint density at radius 3 is 2.15 bits per heavy atom. The van der Waals surface area contributed by atoms with Crippen LogP contribution in [-0.2, 0) is 9.84 Å². The van der Waals surface area contributed by atoms with E-state index < -0.39 is 27.6 Å². The highest BCUT2D eigenvalue weighted by Gasteiger charge is 2.26. The Bertz CT molecular complexity index is 611. The fraction of sp³-hybridized carbons (Fsp3) is 0.364. The molecule has 9 heteroatoms. The molecule has 0 saturated carbocycles. The Kier molecular flexibility index (Phi) is 3.80. The van der Waals surface area contributed by atoms with Crippen molar-refractivity contribution >= 4 is 27.3 Å². The summed E-state index contributed by atoms with van der Waals surface area (Å²) in [5, 5.41) is 10.3. The number of carboxylic acid groups (broad SMARTS) is 1. The molecule has 1 aromatic rings. The van der Waals surface area contributed by atoms with E-state index in [9.17, 15) is 22.0 Å². The van der Waals surface area contributed by atoms with Gasteiger partial charge in [0.15, 0.2) is 21.5 Å². The number of rotatable bonds is 2. The molecule has 0 bridgehead atoms. The van der Waals surface area contributed by atoms with Gasteiger partial charge in [0.25, 0.3) is 0 Å². The van der Waals surface area contributed by atoms with Gasteiger partial charge in [0.1, 0.15) is 5.69 Å². The predicted molar refractivity (Wildman–Crippen MR) is 68.9 cm³/mol. The number of hydrogen-bond donors (Lipinski definition) is 2. The standard InChI is InChI=1S/C11H12F2N2O4S/c12-8-5-7(14-11(16)17)6-9(13)10(8)15-1-3-20(18,19)4-2-15/h5-6,14H,1-4H2,(H,16,17). The number of benzene rings is 1. The first-order valence-electron chi connectivity index (χ1n) is 5.73. The second kappa shape index (κ2) is 5.23. The van der Waals surface area contributed by atoms with Crippen LogP contribution in [0.2, 0.25) is 0 Å². The predicted octanol–water partition coefficient (Wildman–Crippen LogP) is 1.29. The average molecular weight is 306 g/mol. The number of anilines is 2. The van der Waals surface area contributed by atoms with Crippen molar-refractivity contribution in [3.8, 4) is 0 Å². The molecule has 1 aromatic carbocycles. The highest BCUT2D eigenvalue weighted by atomic mass is 32.2. The van der Waals surface area contributed by atoms with Crippen molar-refractivity contribution in [2.75, 3.05) is 34.8 Å². The zero-order valence-corrected chi connectivity index (χ0v) is 11.1. The minimum Gasteiger partial charge on any atom is -0.465 e. The Morgan fingerprint density at radius 1 is 1.20 bits per heavy atom. The number of amides is 1. The van der Waals surface area contributed by atoms with E-state index in [0.717, 1.165) is 12.1 Å². The maximum Gasteiger partial charge on any atom is 0.409 e. The van der Waals surface area contributed by atoms with Crippen LogP contribution in [0.25, 0.3) is 0 Å². The molecular formula is C11H12F2N2O4S. The molecule has 1 saturated heterocycles. The van der Waals surface area contributed by atoms with E-state index in [2.05, 4.69) is 0 Å². The summed E-state index contributed by atoms with van der Waals surface area (Å²) in [7, 11) is -3.15. The van der Waals surface area contributed by atoms with E-state index in [1.165, 1.54) is 4.90 Å². The van der Waals surface area contributed by atoms with Gasteiger partial charge in [-0.1, -0.05) is 0 Å². The van der Waals surface area contributed by atoms with E-state index >= 15 is 0 Å². The summed E-state index contributed by atoms with van der Waals surface area (Å²) in [5.74, 6) is -2.21. The zero-order valence-electron chi connectivity index (χ0n) is 10.3. The summed E-state index contributed by atoms with van der Waals surface area (Å²) < 4.78 is 50.3. The first kappa shape index (κ1) is 14.5. The molecule has 0 unspecified atom stereocenters. The van der Waals surface area contributed by atoms with Crippen molar-refractivity contribution in [3.05, 3.63) is 23.8 Å². The number of sulfone groups is 1. The van der Waals surface area contributed by atoms with Crippen molar-refractivity contribution in [3.63, 3.8) is 0 Å². The van der Waals surface area contributed by atoms with Gasteiger partial charge in [-0.15, -0.1) is 0 Å². The summed E-state index contributed by atoms with van der Waals surface area (Å²) in [6, 6.07) is 1.71. The molecule has 0 atom stereocenters. The van der Waals surface area contributed by atoms with Crippen LogP contribution in [0.4, 0.5) is 25.0 Å². The lowest BCUT2D eigenvalue weighted by atomic mass is 10.2. The molecule has 1 amide bonds. The first-order valence-corrected chi connectivity index (χ1v) is 7.55. The lowest BCUT2D eigenvalue weighted by Gasteiger charge is -2.29. The van der Waals surface area contributed by atoms with E-state index in [0.29, 0.717) is 0 Å². The van der Waals surface area contributed by atoms with Gasteiger partial charge < -0.3 is 10.0 Å². The molecule has 2 rings (SSSR count). The molecule has 0 spiro atoms. The third-order valence-corrected chi connectivity index (χ3v) is 4.54. The summed E-state index contributed by atoms with van der Waals surface area (Å²) >= 11 is 0. The van der Waals surface area contributed by atoms with Gasteiger partial charge in [0, 0.05) is 18.8 Å². The van der Waals surface area contributed by atoms with E-state index in [4.69, 9.17) is 5.11 Å². The Balaban J connectivity index is 2.27. The summed E-state index contributed by atoms with van der Waals surface area (Å²) in [4.78, 5) is 11.7. The molecule has 2 N–H and O–H groups in total. The van der Waals surface area contributed by atoms with Gasteiger partial charge in [0.05, 0.1) is 11.5 Å². The highest BCUT2D eigenvalue weighted by Crippen LogP contribution is 2.28. The minimum absolute atomic E-state index is 0.00186. The third kappa shape index (κ3) is 3.16. The Labute approximate surface area is 113 Å². The van der Waals surface area contributed by atoms with Crippen LogP contribution in [0.5, 0.6) is 0 Å². The quantitative estimate of drug-likeness (QED) is 0.860. The molecule has 6 nitrogen and oxygen atoms in total. The van der Waals surface area contributed by atoms with Gasteiger partial charge in [-0.3, -0.25) is 5.32 Å². The lowest BCUT2D eigenvalue weighted by molar-refractivity contribution is 0.209. The fourth-order valence-electron chi connectivity index (χ4n) is 2.00. The molecule has 1 aliphatic rings. The number of halogens is 2. The number of carbonyl (C=O) groups is 1. The maximum atomic E-state index is 13.9. The largest absolute Gasteiger partial charge is 0.465 e. The molecule has 0 radical (unpaired) electrons. The molecule has 1 heterocycles. The molecule has 0 aromatic heterocycles. The zero-order chi connectivity index (χ0) is 14.9. The van der Waals surface area contributed by atoms with Crippen LogP contribution in [0.3, 0.4) is 0 Å². The monoisotopic (exact) mass is 306 g/mol. The van der Waals surface area contributed by atoms with Crippen LogP contribution in [0.1, 0.15) is 0 Å². The van der Waals surface area contributed by atoms with Crippen LogP contribution >= 0.6 is 0 Å². The lowest BCUT2D eigenvalue weighted by Crippen LogP contribution is -2.41. The van der Waals surface area contributed by atoms with Gasteiger partial charge in [0.2, 0.25) is 0 Å². The second-order valence-corrected chi connectivity index (χ2v) is 6.66. The van der Waals surface area contributed by atoms with E-state index in [1.54, 1.807) is 0 Å². The molecule has 20 heavy (non-hydrogen) atoms. The van der Waals surface area contributed by atoms with Gasteiger partial charge in [-0.25, -0.2) is 22.0 Å². The highest BCUT2D eigenvalue weighted by molar-refractivity contribution is 7.91. The Hall–Kier alpha value is -1.90. The van der Waals surface area contributed by atoms with Crippen LogP contribution in [-0.4, -0.2) is 44.2 Å². The van der Waals surface area contributed by atoms with Crippen molar-refractivity contribution in [2.24, 2.45) is 0 Å². The van der Waals surface area contributed by atoms with Crippen LogP contribution < -0.4 is 10.2 Å². The smallest absolute Gasteiger partial charge is 0.409 e. The average Bonchev–Trinajstić information content (AvgIpc) is 2.29. The van der Waals surface area contributed by atoms with Gasteiger partial charge in [-0.2, -0.15) is 0 Å². The summed E-state index contributed by atoms with van der Waals surface area (Å²) in [6.45, 7) is 0.00373. The third-order valence-electron chi connectivity index (χ3n) is 2.93. The molecule has 110 valence electrons. The van der Waals surface area contributed by atoms with E-state index in [1.807, 2.05) is 5.32 Å². The molecule has 1 fully saturated rings. The number of hydrogen-bond acceptors (Lipinski definition) is 4. The molecule has 1 aliphatic heterocycles. The van der Waals surface area contributed by atoms with Crippen LogP contribution in [0, 0.1) is 11.6 Å². The maximum absolute atomic E-state index is 13.9. The van der Waals surface area contributed by atoms with Crippen molar-refractivity contribution in [1.29, 1.82) is 0 Å². The second-order valence-electron chi connectivity index (χ2n) is 4.36.